The molecule has 1 atom stereocenters. The topological polar surface area (TPSA) is 77.2 Å². The van der Waals surface area contributed by atoms with Gasteiger partial charge in [-0.15, -0.1) is 5.10 Å². The normalized spacial score (nSPS) is 12.1. The first-order chi connectivity index (χ1) is 9.08. The Labute approximate surface area is 123 Å². The molecule has 0 fully saturated rings. The van der Waals surface area contributed by atoms with Gasteiger partial charge in [0.15, 0.2) is 0 Å². The highest BCUT2D eigenvalue weighted by Gasteiger charge is 2.15. The molecule has 0 radical (unpaired) electrons. The smallest absolute Gasteiger partial charge is 0.328 e. The summed E-state index contributed by atoms with van der Waals surface area (Å²) < 4.78 is 7.91. The fourth-order valence-corrected chi connectivity index (χ4v) is 1.94. The zero-order valence-corrected chi connectivity index (χ0v) is 12.3. The monoisotopic (exact) mass is 373 g/mol. The summed E-state index contributed by atoms with van der Waals surface area (Å²) in [5, 5.41) is 16.5. The van der Waals surface area contributed by atoms with Gasteiger partial charge in [-0.2, -0.15) is 0 Å². The van der Waals surface area contributed by atoms with E-state index >= 15 is 0 Å². The van der Waals surface area contributed by atoms with E-state index in [9.17, 15) is 4.79 Å². The van der Waals surface area contributed by atoms with Crippen molar-refractivity contribution in [3.8, 4) is 5.75 Å². The first-order valence-electron chi connectivity index (χ1n) is 5.59. The molecule has 19 heavy (non-hydrogen) atoms. The number of carbonyl (C=O) groups is 1. The van der Waals surface area contributed by atoms with E-state index in [-0.39, 0.29) is 6.61 Å². The van der Waals surface area contributed by atoms with E-state index in [4.69, 9.17) is 9.84 Å². The van der Waals surface area contributed by atoms with Gasteiger partial charge in [0.25, 0.3) is 0 Å². The van der Waals surface area contributed by atoms with Crippen molar-refractivity contribution in [3.05, 3.63) is 39.7 Å². The van der Waals surface area contributed by atoms with Crippen molar-refractivity contribution in [2.45, 2.75) is 19.6 Å². The number of aromatic nitrogens is 3. The third-order valence-corrected chi connectivity index (χ3v) is 3.42. The SMILES string of the molecule is CC(C(=O)O)n1cc(COc2ccccc2I)nn1. The molecule has 7 heteroatoms. The van der Waals surface area contributed by atoms with Crippen LogP contribution in [0.4, 0.5) is 0 Å². The van der Waals surface area contributed by atoms with Crippen LogP contribution in [0.1, 0.15) is 18.7 Å². The Balaban J connectivity index is 2.01. The maximum atomic E-state index is 10.8. The summed E-state index contributed by atoms with van der Waals surface area (Å²) in [6.07, 6.45) is 1.58. The molecule has 0 aliphatic carbocycles. The highest BCUT2D eigenvalue weighted by molar-refractivity contribution is 14.1. The van der Waals surface area contributed by atoms with Crippen LogP contribution in [-0.4, -0.2) is 26.1 Å². The van der Waals surface area contributed by atoms with E-state index in [1.807, 2.05) is 24.3 Å². The van der Waals surface area contributed by atoms with E-state index in [1.165, 1.54) is 4.68 Å². The third kappa shape index (κ3) is 3.43. The Kier molecular flexibility index (Phi) is 4.35. The van der Waals surface area contributed by atoms with E-state index in [2.05, 4.69) is 32.9 Å². The molecular weight excluding hydrogens is 361 g/mol. The summed E-state index contributed by atoms with van der Waals surface area (Å²) in [6, 6.07) is 6.89. The molecule has 0 aliphatic heterocycles. The molecule has 2 aromatic rings. The highest BCUT2D eigenvalue weighted by atomic mass is 127. The van der Waals surface area contributed by atoms with Crippen molar-refractivity contribution < 1.29 is 14.6 Å². The largest absolute Gasteiger partial charge is 0.486 e. The van der Waals surface area contributed by atoms with Gasteiger partial charge in [0.1, 0.15) is 24.1 Å². The molecule has 0 aliphatic rings. The molecule has 0 bridgehead atoms. The number of aliphatic carboxylic acids is 1. The quantitative estimate of drug-likeness (QED) is 0.813. The van der Waals surface area contributed by atoms with Crippen LogP contribution in [0.2, 0.25) is 0 Å². The van der Waals surface area contributed by atoms with E-state index < -0.39 is 12.0 Å². The molecule has 1 aromatic heterocycles. The van der Waals surface area contributed by atoms with Gasteiger partial charge < -0.3 is 9.84 Å². The Morgan fingerprint density at radius 2 is 2.26 bits per heavy atom. The van der Waals surface area contributed by atoms with Crippen molar-refractivity contribution in [3.63, 3.8) is 0 Å². The number of para-hydroxylation sites is 1. The van der Waals surface area contributed by atoms with E-state index in [0.29, 0.717) is 5.69 Å². The van der Waals surface area contributed by atoms with Crippen LogP contribution in [0.15, 0.2) is 30.5 Å². The molecule has 0 amide bonds. The molecule has 0 spiro atoms. The first kappa shape index (κ1) is 13.8. The predicted molar refractivity (Wildman–Crippen MR) is 75.9 cm³/mol. The van der Waals surface area contributed by atoms with Gasteiger partial charge in [-0.3, -0.25) is 0 Å². The van der Waals surface area contributed by atoms with Gasteiger partial charge in [-0.25, -0.2) is 9.48 Å². The number of hydrogen-bond donors (Lipinski definition) is 1. The molecule has 1 N–H and O–H groups in total. The van der Waals surface area contributed by atoms with Crippen molar-refractivity contribution in [2.24, 2.45) is 0 Å². The minimum atomic E-state index is -0.949. The summed E-state index contributed by atoms with van der Waals surface area (Å²) in [6.45, 7) is 1.80. The fraction of sp³-hybridized carbons (Fsp3) is 0.250. The summed E-state index contributed by atoms with van der Waals surface area (Å²) in [7, 11) is 0. The number of carboxylic acids is 1. The number of ether oxygens (including phenoxy) is 1. The molecular formula is C12H12IN3O3. The second kappa shape index (κ2) is 6.00. The van der Waals surface area contributed by atoms with Gasteiger partial charge in [-0.05, 0) is 41.6 Å². The lowest BCUT2D eigenvalue weighted by molar-refractivity contribution is -0.140. The van der Waals surface area contributed by atoms with Crippen molar-refractivity contribution in [2.75, 3.05) is 0 Å². The van der Waals surface area contributed by atoms with E-state index in [0.717, 1.165) is 9.32 Å². The van der Waals surface area contributed by atoms with Crippen molar-refractivity contribution in [1.29, 1.82) is 0 Å². The van der Waals surface area contributed by atoms with Gasteiger partial charge in [-0.1, -0.05) is 17.3 Å². The summed E-state index contributed by atoms with van der Waals surface area (Å²) in [4.78, 5) is 10.8. The molecule has 0 saturated carbocycles. The fourth-order valence-electron chi connectivity index (χ4n) is 1.40. The molecule has 6 nitrogen and oxygen atoms in total. The molecule has 100 valence electrons. The minimum absolute atomic E-state index is 0.256. The van der Waals surface area contributed by atoms with E-state index in [1.54, 1.807) is 13.1 Å². The number of halogens is 1. The van der Waals surface area contributed by atoms with Crippen LogP contribution in [-0.2, 0) is 11.4 Å². The van der Waals surface area contributed by atoms with Crippen LogP contribution in [0, 0.1) is 3.57 Å². The Hall–Kier alpha value is -1.64. The van der Waals surface area contributed by atoms with Gasteiger partial charge in [0, 0.05) is 0 Å². The lowest BCUT2D eigenvalue weighted by Crippen LogP contribution is -2.15. The number of benzene rings is 1. The number of hydrogen-bond acceptors (Lipinski definition) is 4. The number of carboxylic acid groups (broad SMARTS) is 1. The summed E-state index contributed by atoms with van der Waals surface area (Å²) in [5.41, 5.74) is 0.591. The van der Waals surface area contributed by atoms with Crippen LogP contribution in [0.25, 0.3) is 0 Å². The second-order valence-electron chi connectivity index (χ2n) is 3.92. The highest BCUT2D eigenvalue weighted by Crippen LogP contribution is 2.20. The Bertz CT molecular complexity index is 585. The van der Waals surface area contributed by atoms with Crippen LogP contribution in [0.5, 0.6) is 5.75 Å². The van der Waals surface area contributed by atoms with Crippen molar-refractivity contribution in [1.82, 2.24) is 15.0 Å². The molecule has 1 aromatic carbocycles. The second-order valence-corrected chi connectivity index (χ2v) is 5.09. The average Bonchev–Trinajstić information content (AvgIpc) is 2.85. The number of rotatable bonds is 5. The minimum Gasteiger partial charge on any atom is -0.486 e. The van der Waals surface area contributed by atoms with Crippen LogP contribution >= 0.6 is 22.6 Å². The Morgan fingerprint density at radius 1 is 1.53 bits per heavy atom. The van der Waals surface area contributed by atoms with Gasteiger partial charge >= 0.3 is 5.97 Å². The van der Waals surface area contributed by atoms with Crippen LogP contribution in [0.3, 0.4) is 0 Å². The standard InChI is InChI=1S/C12H12IN3O3/c1-8(12(17)18)16-6-9(14-15-16)7-19-11-5-3-2-4-10(11)13/h2-6,8H,7H2,1H3,(H,17,18). The Morgan fingerprint density at radius 3 is 2.95 bits per heavy atom. The molecule has 1 heterocycles. The lowest BCUT2D eigenvalue weighted by Gasteiger charge is -2.06. The molecule has 2 rings (SSSR count). The zero-order valence-electron chi connectivity index (χ0n) is 10.2. The number of nitrogens with zero attached hydrogens (tertiary/aromatic N) is 3. The predicted octanol–water partition coefficient (Wildman–Crippen LogP) is 2.11. The zero-order chi connectivity index (χ0) is 13.8. The lowest BCUT2D eigenvalue weighted by atomic mass is 10.3. The van der Waals surface area contributed by atoms with Crippen molar-refractivity contribution >= 4 is 28.6 Å². The molecule has 0 saturated heterocycles. The van der Waals surface area contributed by atoms with Crippen LogP contribution < -0.4 is 4.74 Å². The summed E-state index contributed by atoms with van der Waals surface area (Å²) in [5.74, 6) is -0.182. The van der Waals surface area contributed by atoms with Gasteiger partial charge in [0.2, 0.25) is 0 Å². The molecule has 1 unspecified atom stereocenters. The maximum absolute atomic E-state index is 10.8. The van der Waals surface area contributed by atoms with Gasteiger partial charge in [0.05, 0.1) is 9.77 Å². The average molecular weight is 373 g/mol. The third-order valence-electron chi connectivity index (χ3n) is 2.52. The first-order valence-corrected chi connectivity index (χ1v) is 6.66. The summed E-state index contributed by atoms with van der Waals surface area (Å²) >= 11 is 2.18. The maximum Gasteiger partial charge on any atom is 0.328 e.